The molecule has 15 nitrogen and oxygen atoms in total. The average Bonchev–Trinajstić information content (AvgIpc) is 3.55. The van der Waals surface area contributed by atoms with Gasteiger partial charge in [0.15, 0.2) is 11.5 Å². The summed E-state index contributed by atoms with van der Waals surface area (Å²) in [4.78, 5) is 53.4. The lowest BCUT2D eigenvalue weighted by molar-refractivity contribution is -0.176. The molecule has 15 heteroatoms. The van der Waals surface area contributed by atoms with E-state index in [4.69, 9.17) is 44.6 Å². The second-order valence-corrected chi connectivity index (χ2v) is 13.8. The van der Waals surface area contributed by atoms with Crippen LogP contribution in [0.4, 0.5) is 0 Å². The number of fused-ring (bicyclic) bond motifs is 6. The number of esters is 2. The summed E-state index contributed by atoms with van der Waals surface area (Å²) in [7, 11) is 9.10. The minimum Gasteiger partial charge on any atom is -0.497 e. The standard InChI is InChI=1S/C33H40N2O9.C6H12N2O2/c1-38-19-7-8-20-21-9-10-35-16-18-13-27(44-32(36)17-11-25(39-2)30(41-4)26(12-17)40-3)31(42-5)28(33(37)43-6)22(18)15-24(35)29(21)34-23(20)14-19;7-5(9)3-1-2-4-6(8)10/h7-8,11-12,14,18,22,24,27-28,31,34H,9-10,13,15-16H2,1-6H3;1-4H2,(H2,7,9)(H2,8,10)/t18-,22+,24-,27-,28+,31+;/m1./s1. The predicted octanol–water partition coefficient (Wildman–Crippen LogP) is 3.69. The molecule has 3 aliphatic rings. The third-order valence-electron chi connectivity index (χ3n) is 10.9. The van der Waals surface area contributed by atoms with Gasteiger partial charge in [-0.3, -0.25) is 19.3 Å². The highest BCUT2D eigenvalue weighted by Crippen LogP contribution is 2.51. The summed E-state index contributed by atoms with van der Waals surface area (Å²) < 4.78 is 39.1. The normalized spacial score (nSPS) is 23.0. The fourth-order valence-electron chi connectivity index (χ4n) is 8.36. The van der Waals surface area contributed by atoms with Gasteiger partial charge in [-0.15, -0.1) is 0 Å². The summed E-state index contributed by atoms with van der Waals surface area (Å²) in [6.07, 6.45) is 2.90. The number of unbranched alkanes of at least 4 members (excludes halogenated alkanes) is 1. The van der Waals surface area contributed by atoms with Crippen LogP contribution in [0.1, 0.15) is 66.2 Å². The van der Waals surface area contributed by atoms with Gasteiger partial charge in [-0.05, 0) is 73.8 Å². The number of methoxy groups -OCH3 is 6. The Labute approximate surface area is 314 Å². The van der Waals surface area contributed by atoms with Gasteiger partial charge in [-0.2, -0.15) is 0 Å². The van der Waals surface area contributed by atoms with E-state index in [1.54, 1.807) is 26.4 Å². The SMILES string of the molecule is COC(=O)[C@H]1[C@H]2C[C@@H]3c4[nH]c5cc(OC)ccc5c4CCN3C[C@H]2C[C@@H](OC(=O)c2cc(OC)c(OC)c(OC)c2)[C@@H]1OC.NC(=O)CCCCC(N)=O. The zero-order chi connectivity index (χ0) is 39.1. The number of primary amides is 2. The first kappa shape index (κ1) is 40.2. The number of hydrogen-bond acceptors (Lipinski definition) is 12. The van der Waals surface area contributed by atoms with Crippen molar-refractivity contribution in [2.45, 2.75) is 63.2 Å². The first-order valence-corrected chi connectivity index (χ1v) is 18.1. The Morgan fingerprint density at radius 2 is 1.52 bits per heavy atom. The molecule has 294 valence electrons. The number of amides is 2. The van der Waals surface area contributed by atoms with Crippen molar-refractivity contribution in [3.8, 4) is 23.0 Å². The number of aromatic amines is 1. The van der Waals surface area contributed by atoms with Gasteiger partial charge in [0.05, 0.1) is 53.1 Å². The number of carbonyl (C=O) groups is 4. The summed E-state index contributed by atoms with van der Waals surface area (Å²) >= 11 is 0. The van der Waals surface area contributed by atoms with Crippen LogP contribution in [0.5, 0.6) is 23.0 Å². The van der Waals surface area contributed by atoms with Gasteiger partial charge in [0.2, 0.25) is 17.6 Å². The highest BCUT2D eigenvalue weighted by molar-refractivity contribution is 5.91. The Morgan fingerprint density at radius 3 is 2.07 bits per heavy atom. The van der Waals surface area contributed by atoms with Crippen LogP contribution in [0.3, 0.4) is 0 Å². The number of rotatable bonds is 13. The maximum Gasteiger partial charge on any atom is 0.338 e. The number of aromatic nitrogens is 1. The van der Waals surface area contributed by atoms with E-state index in [1.807, 2.05) is 12.1 Å². The quantitative estimate of drug-likeness (QED) is 0.169. The van der Waals surface area contributed by atoms with Gasteiger partial charge in [0, 0.05) is 55.7 Å². The van der Waals surface area contributed by atoms with Gasteiger partial charge in [-0.1, -0.05) is 0 Å². The van der Waals surface area contributed by atoms with Crippen LogP contribution in [0, 0.1) is 17.8 Å². The molecule has 6 rings (SSSR count). The first-order chi connectivity index (χ1) is 26.0. The maximum atomic E-state index is 13.5. The van der Waals surface area contributed by atoms with E-state index < -0.39 is 24.1 Å². The van der Waals surface area contributed by atoms with Crippen molar-refractivity contribution in [2.75, 3.05) is 55.7 Å². The summed E-state index contributed by atoms with van der Waals surface area (Å²) in [6, 6.07) is 9.40. The van der Waals surface area contributed by atoms with Gasteiger partial charge in [0.1, 0.15) is 18.0 Å². The van der Waals surface area contributed by atoms with Gasteiger partial charge in [0.25, 0.3) is 0 Å². The van der Waals surface area contributed by atoms with Crippen molar-refractivity contribution in [3.05, 3.63) is 47.2 Å². The minimum atomic E-state index is -0.670. The van der Waals surface area contributed by atoms with Crippen LogP contribution < -0.4 is 30.4 Å². The lowest BCUT2D eigenvalue weighted by atomic mass is 9.63. The largest absolute Gasteiger partial charge is 0.497 e. The Balaban J connectivity index is 0.000000493. The number of ether oxygens (including phenoxy) is 7. The van der Waals surface area contributed by atoms with Crippen LogP contribution >= 0.6 is 0 Å². The smallest absolute Gasteiger partial charge is 0.338 e. The number of H-pyrrole nitrogens is 1. The zero-order valence-corrected chi connectivity index (χ0v) is 31.8. The number of benzene rings is 2. The molecule has 0 unspecified atom stereocenters. The Kier molecular flexibility index (Phi) is 13.3. The van der Waals surface area contributed by atoms with E-state index in [0.717, 1.165) is 37.2 Å². The summed E-state index contributed by atoms with van der Waals surface area (Å²) in [5.74, 6) is -0.218. The molecule has 1 aromatic heterocycles. The van der Waals surface area contributed by atoms with Crippen LogP contribution in [0.15, 0.2) is 30.3 Å². The molecule has 2 fully saturated rings. The number of piperidine rings is 1. The molecule has 1 saturated carbocycles. The highest BCUT2D eigenvalue weighted by atomic mass is 16.6. The van der Waals surface area contributed by atoms with Crippen LogP contribution in [-0.2, 0) is 35.0 Å². The number of hydrogen-bond donors (Lipinski definition) is 3. The molecule has 3 heterocycles. The van der Waals surface area contributed by atoms with Crippen molar-refractivity contribution in [1.29, 1.82) is 0 Å². The molecule has 5 N–H and O–H groups in total. The Morgan fingerprint density at radius 1 is 0.852 bits per heavy atom. The average molecular weight is 753 g/mol. The molecule has 0 radical (unpaired) electrons. The molecule has 1 saturated heterocycles. The Bertz CT molecular complexity index is 1790. The molecular formula is C39H52N4O11. The third kappa shape index (κ3) is 8.52. The van der Waals surface area contributed by atoms with Crippen LogP contribution in [0.25, 0.3) is 10.9 Å². The van der Waals surface area contributed by atoms with Gasteiger partial charge < -0.3 is 49.6 Å². The predicted molar refractivity (Wildman–Crippen MR) is 198 cm³/mol. The summed E-state index contributed by atoms with van der Waals surface area (Å²) in [5.41, 5.74) is 13.5. The second-order valence-electron chi connectivity index (χ2n) is 13.8. The van der Waals surface area contributed by atoms with Crippen molar-refractivity contribution < 1.29 is 52.3 Å². The van der Waals surface area contributed by atoms with Crippen LogP contribution in [-0.4, -0.2) is 102 Å². The minimum absolute atomic E-state index is 0.0170. The second kappa shape index (κ2) is 17.9. The fraction of sp³-hybridized carbons (Fsp3) is 0.538. The third-order valence-corrected chi connectivity index (χ3v) is 10.9. The molecular weight excluding hydrogens is 700 g/mol. The van der Waals surface area contributed by atoms with Gasteiger partial charge >= 0.3 is 11.9 Å². The molecule has 54 heavy (non-hydrogen) atoms. The molecule has 1 aliphatic carbocycles. The maximum absolute atomic E-state index is 13.5. The van der Waals surface area contributed by atoms with Crippen molar-refractivity contribution in [3.63, 3.8) is 0 Å². The van der Waals surface area contributed by atoms with Gasteiger partial charge in [-0.25, -0.2) is 4.79 Å². The fourth-order valence-corrected chi connectivity index (χ4v) is 8.36. The number of nitrogens with one attached hydrogen (secondary N) is 1. The number of nitrogens with zero attached hydrogens (tertiary/aromatic N) is 1. The van der Waals surface area contributed by atoms with E-state index in [9.17, 15) is 19.2 Å². The topological polar surface area (TPSA) is 204 Å². The molecule has 0 spiro atoms. The summed E-state index contributed by atoms with van der Waals surface area (Å²) in [6.45, 7) is 1.68. The molecule has 3 aromatic rings. The number of nitrogens with two attached hydrogens (primary N) is 2. The molecule has 2 amide bonds. The van der Waals surface area contributed by atoms with E-state index in [2.05, 4.69) is 16.0 Å². The lowest BCUT2D eigenvalue weighted by Crippen LogP contribution is -2.58. The monoisotopic (exact) mass is 752 g/mol. The van der Waals surface area contributed by atoms with E-state index in [1.165, 1.54) is 45.1 Å². The molecule has 0 bridgehead atoms. The first-order valence-electron chi connectivity index (χ1n) is 18.1. The van der Waals surface area contributed by atoms with E-state index >= 15 is 0 Å². The molecule has 2 aliphatic heterocycles. The van der Waals surface area contributed by atoms with Crippen molar-refractivity contribution >= 4 is 34.7 Å². The molecule has 2 aromatic carbocycles. The highest BCUT2D eigenvalue weighted by Gasteiger charge is 2.54. The zero-order valence-electron chi connectivity index (χ0n) is 31.8. The molecule has 6 atom stereocenters. The number of carbonyl (C=O) groups excluding carboxylic acids is 4. The van der Waals surface area contributed by atoms with Crippen molar-refractivity contribution in [1.82, 2.24) is 9.88 Å². The Hall–Kier alpha value is -5.02. The van der Waals surface area contributed by atoms with Crippen molar-refractivity contribution in [2.24, 2.45) is 29.2 Å². The van der Waals surface area contributed by atoms with E-state index in [-0.39, 0.29) is 41.2 Å². The van der Waals surface area contributed by atoms with E-state index in [0.29, 0.717) is 49.4 Å². The van der Waals surface area contributed by atoms with Crippen LogP contribution in [0.2, 0.25) is 0 Å². The lowest BCUT2D eigenvalue weighted by Gasteiger charge is -2.52. The summed E-state index contributed by atoms with van der Waals surface area (Å²) in [5, 5.41) is 1.21.